The van der Waals surface area contributed by atoms with Crippen LogP contribution in [-0.4, -0.2) is 12.6 Å². The van der Waals surface area contributed by atoms with Crippen LogP contribution in [0.5, 0.6) is 0 Å². The lowest BCUT2D eigenvalue weighted by Gasteiger charge is -1.94. The van der Waals surface area contributed by atoms with Crippen LogP contribution in [0.3, 0.4) is 0 Å². The molecule has 0 rings (SSSR count). The first-order valence-corrected chi connectivity index (χ1v) is 2.26. The Kier molecular flexibility index (Phi) is 3.66. The number of hydrogen-bond donors (Lipinski definition) is 0. The largest absolute Gasteiger partial charge is 0.878 e. The number of rotatable bonds is 2. The second kappa shape index (κ2) is 4.18. The van der Waals surface area contributed by atoms with Crippen molar-refractivity contribution in [1.82, 2.24) is 0 Å². The second-order valence-corrected chi connectivity index (χ2v) is 1.05. The Bertz CT molecular complexity index is 95.8. The summed E-state index contributed by atoms with van der Waals surface area (Å²) in [5, 5.41) is 9.53. The van der Waals surface area contributed by atoms with E-state index in [0.29, 0.717) is 12.9 Å². The molecule has 0 aromatic heterocycles. The molecule has 0 unspecified atom stereocenters. The van der Waals surface area contributed by atoms with E-state index in [4.69, 9.17) is 0 Å². The summed E-state index contributed by atoms with van der Waals surface area (Å²) in [5.41, 5.74) is 0. The van der Waals surface area contributed by atoms with E-state index in [2.05, 4.69) is 4.74 Å². The fourth-order valence-electron chi connectivity index (χ4n) is 0.246. The van der Waals surface area contributed by atoms with Crippen molar-refractivity contribution in [3.05, 3.63) is 12.3 Å². The van der Waals surface area contributed by atoms with E-state index >= 15 is 0 Å². The summed E-state index contributed by atoms with van der Waals surface area (Å²) in [5.74, 6) is -0.581. The highest BCUT2D eigenvalue weighted by atomic mass is 16.5. The molecule has 0 atom stereocenters. The molecule has 0 N–H and O–H groups in total. The van der Waals surface area contributed by atoms with Gasteiger partial charge >= 0.3 is 5.97 Å². The lowest BCUT2D eigenvalue weighted by Crippen LogP contribution is -2.00. The summed E-state index contributed by atoms with van der Waals surface area (Å²) in [6.45, 7) is 1.99. The van der Waals surface area contributed by atoms with Crippen LogP contribution >= 0.6 is 0 Å². The number of ether oxygens (including phenoxy) is 1. The van der Waals surface area contributed by atoms with E-state index in [-0.39, 0.29) is 0 Å². The van der Waals surface area contributed by atoms with Crippen molar-refractivity contribution in [2.45, 2.75) is 6.92 Å². The van der Waals surface area contributed by atoms with E-state index in [1.165, 1.54) is 0 Å². The van der Waals surface area contributed by atoms with Crippen molar-refractivity contribution in [3.8, 4) is 0 Å². The molecule has 3 nitrogen and oxygen atoms in total. The Labute approximate surface area is 47.6 Å². The van der Waals surface area contributed by atoms with Crippen LogP contribution in [0.4, 0.5) is 0 Å². The van der Waals surface area contributed by atoms with Gasteiger partial charge in [0.05, 0.1) is 6.61 Å². The first-order valence-electron chi connectivity index (χ1n) is 2.26. The minimum Gasteiger partial charge on any atom is -0.878 e. The SMILES string of the molecule is CCOC(=O)C=C[O-]. The Morgan fingerprint density at radius 2 is 2.50 bits per heavy atom. The monoisotopic (exact) mass is 115 g/mol. The Balaban J connectivity index is 3.33. The van der Waals surface area contributed by atoms with Gasteiger partial charge in [0.2, 0.25) is 0 Å². The Hall–Kier alpha value is -0.990. The molecule has 0 bridgehead atoms. The third kappa shape index (κ3) is 3.21. The lowest BCUT2D eigenvalue weighted by molar-refractivity contribution is -0.275. The van der Waals surface area contributed by atoms with E-state index in [9.17, 15) is 9.90 Å². The van der Waals surface area contributed by atoms with Gasteiger partial charge < -0.3 is 9.84 Å². The first kappa shape index (κ1) is 7.01. The number of carbonyl (C=O) groups is 1. The molecule has 0 aromatic carbocycles. The van der Waals surface area contributed by atoms with Gasteiger partial charge in [-0.1, -0.05) is 0 Å². The van der Waals surface area contributed by atoms with Crippen LogP contribution in [0.1, 0.15) is 6.92 Å². The van der Waals surface area contributed by atoms with Crippen LogP contribution in [0.2, 0.25) is 0 Å². The number of carbonyl (C=O) groups excluding carboxylic acids is 1. The topological polar surface area (TPSA) is 49.4 Å². The average Bonchev–Trinajstić information content (AvgIpc) is 1.68. The minimum absolute atomic E-state index is 0.309. The number of esters is 1. The average molecular weight is 115 g/mol. The zero-order valence-electron chi connectivity index (χ0n) is 4.59. The van der Waals surface area contributed by atoms with Crippen LogP contribution in [0.25, 0.3) is 0 Å². The molecule has 0 aliphatic heterocycles. The maximum absolute atomic E-state index is 10.1. The zero-order valence-corrected chi connectivity index (χ0v) is 4.59. The fourth-order valence-corrected chi connectivity index (χ4v) is 0.246. The smallest absolute Gasteiger partial charge is 0.329 e. The molecule has 0 fully saturated rings. The first-order chi connectivity index (χ1) is 3.81. The summed E-state index contributed by atoms with van der Waals surface area (Å²) in [7, 11) is 0. The van der Waals surface area contributed by atoms with Crippen molar-refractivity contribution in [2.75, 3.05) is 6.61 Å². The summed E-state index contributed by atoms with van der Waals surface area (Å²) in [6.07, 6.45) is 1.24. The fraction of sp³-hybridized carbons (Fsp3) is 0.400. The van der Waals surface area contributed by atoms with E-state index in [1.54, 1.807) is 6.92 Å². The molecular formula is C5H7O3-. The third-order valence-corrected chi connectivity index (χ3v) is 0.491. The quantitative estimate of drug-likeness (QED) is 0.275. The maximum Gasteiger partial charge on any atom is 0.329 e. The van der Waals surface area contributed by atoms with Crippen molar-refractivity contribution in [1.29, 1.82) is 0 Å². The minimum atomic E-state index is -0.581. The second-order valence-electron chi connectivity index (χ2n) is 1.05. The van der Waals surface area contributed by atoms with Gasteiger partial charge in [0.1, 0.15) is 0 Å². The Morgan fingerprint density at radius 1 is 1.88 bits per heavy atom. The molecule has 0 heterocycles. The molecule has 0 saturated carbocycles. The van der Waals surface area contributed by atoms with Crippen molar-refractivity contribution in [2.24, 2.45) is 0 Å². The predicted octanol–water partition coefficient (Wildman–Crippen LogP) is -0.577. The van der Waals surface area contributed by atoms with Gasteiger partial charge in [-0.15, -0.1) is 6.26 Å². The molecule has 0 amide bonds. The Morgan fingerprint density at radius 3 is 2.88 bits per heavy atom. The van der Waals surface area contributed by atoms with Gasteiger partial charge in [0.15, 0.2) is 0 Å². The van der Waals surface area contributed by atoms with Crippen molar-refractivity contribution >= 4 is 5.97 Å². The van der Waals surface area contributed by atoms with Crippen LogP contribution < -0.4 is 5.11 Å². The molecule has 0 aliphatic rings. The molecule has 8 heavy (non-hydrogen) atoms. The highest BCUT2D eigenvalue weighted by molar-refractivity contribution is 5.81. The molecule has 46 valence electrons. The van der Waals surface area contributed by atoms with Gasteiger partial charge in [0.25, 0.3) is 0 Å². The molecule has 0 saturated heterocycles. The van der Waals surface area contributed by atoms with Gasteiger partial charge in [-0.2, -0.15) is 0 Å². The zero-order chi connectivity index (χ0) is 6.41. The predicted molar refractivity (Wildman–Crippen MR) is 25.8 cm³/mol. The van der Waals surface area contributed by atoms with Crippen molar-refractivity contribution < 1.29 is 14.6 Å². The molecular weight excluding hydrogens is 108 g/mol. The van der Waals surface area contributed by atoms with Crippen molar-refractivity contribution in [3.63, 3.8) is 0 Å². The highest BCUT2D eigenvalue weighted by Crippen LogP contribution is 1.76. The van der Waals surface area contributed by atoms with Crippen LogP contribution in [-0.2, 0) is 9.53 Å². The third-order valence-electron chi connectivity index (χ3n) is 0.491. The van der Waals surface area contributed by atoms with E-state index in [1.807, 2.05) is 0 Å². The van der Waals surface area contributed by atoms with Gasteiger partial charge in [-0.3, -0.25) is 0 Å². The highest BCUT2D eigenvalue weighted by Gasteiger charge is 1.87. The molecule has 0 radical (unpaired) electrons. The molecule has 0 spiro atoms. The normalized spacial score (nSPS) is 9.62. The van der Waals surface area contributed by atoms with E-state index in [0.717, 1.165) is 6.08 Å². The summed E-state index contributed by atoms with van der Waals surface area (Å²) < 4.78 is 4.36. The van der Waals surface area contributed by atoms with Gasteiger partial charge in [-0.25, -0.2) is 4.79 Å². The van der Waals surface area contributed by atoms with E-state index < -0.39 is 5.97 Å². The van der Waals surface area contributed by atoms with Crippen LogP contribution in [0.15, 0.2) is 12.3 Å². The lowest BCUT2D eigenvalue weighted by atomic mass is 10.6. The summed E-state index contributed by atoms with van der Waals surface area (Å²) >= 11 is 0. The number of hydrogen-bond acceptors (Lipinski definition) is 3. The molecule has 3 heteroatoms. The summed E-state index contributed by atoms with van der Waals surface area (Å²) in [4.78, 5) is 10.1. The van der Waals surface area contributed by atoms with Gasteiger partial charge in [0, 0.05) is 6.08 Å². The standard InChI is InChI=1S/C5H8O3/c1-2-8-5(7)3-4-6/h3-4,6H,2H2,1H3/p-1. The summed E-state index contributed by atoms with van der Waals surface area (Å²) in [6, 6.07) is 0. The van der Waals surface area contributed by atoms with Gasteiger partial charge in [-0.05, 0) is 6.92 Å². The maximum atomic E-state index is 10.1. The molecule has 0 aliphatic carbocycles. The molecule has 0 aromatic rings. The van der Waals surface area contributed by atoms with Crippen LogP contribution in [0, 0.1) is 0 Å².